The molecule has 0 radical (unpaired) electrons. The second-order valence-corrected chi connectivity index (χ2v) is 6.70. The number of thioether (sulfide) groups is 1. The Morgan fingerprint density at radius 1 is 1.11 bits per heavy atom. The van der Waals surface area contributed by atoms with Crippen molar-refractivity contribution in [1.82, 2.24) is 0 Å². The third-order valence-corrected chi connectivity index (χ3v) is 4.65. The normalized spacial score (nSPS) is 27.4. The number of rotatable bonds is 6. The zero-order valence-corrected chi connectivity index (χ0v) is 12.9. The molecule has 1 aromatic rings. The molecule has 1 heterocycles. The molecule has 19 heavy (non-hydrogen) atoms. The summed E-state index contributed by atoms with van der Waals surface area (Å²) in [4.78, 5) is 3.11. The molecule has 3 heteroatoms. The van der Waals surface area contributed by atoms with Crippen molar-refractivity contribution in [1.29, 1.82) is 0 Å². The molecule has 0 unspecified atom stereocenters. The summed E-state index contributed by atoms with van der Waals surface area (Å²) in [6, 6.07) is 10.7. The van der Waals surface area contributed by atoms with Crippen molar-refractivity contribution in [2.24, 2.45) is 0 Å². The molecule has 0 bridgehead atoms. The van der Waals surface area contributed by atoms with Crippen molar-refractivity contribution in [3.63, 3.8) is 0 Å². The fraction of sp³-hybridized carbons (Fsp3) is 0.625. The minimum Gasteiger partial charge on any atom is -0.364 e. The van der Waals surface area contributed by atoms with Crippen LogP contribution >= 0.6 is 11.8 Å². The van der Waals surface area contributed by atoms with E-state index < -0.39 is 0 Å². The summed E-state index contributed by atoms with van der Waals surface area (Å²) in [5.74, 6) is 1.24. The summed E-state index contributed by atoms with van der Waals surface area (Å²) in [6.45, 7) is 8.04. The Bertz CT molecular complexity index is 347. The van der Waals surface area contributed by atoms with Crippen molar-refractivity contribution in [2.75, 3.05) is 25.4 Å². The second-order valence-electron chi connectivity index (χ2n) is 5.53. The van der Waals surface area contributed by atoms with Gasteiger partial charge in [-0.1, -0.05) is 18.2 Å². The lowest BCUT2D eigenvalue weighted by Crippen LogP contribution is -3.15. The van der Waals surface area contributed by atoms with Crippen molar-refractivity contribution in [2.45, 2.75) is 43.8 Å². The molecule has 0 saturated carbocycles. The molecule has 1 N–H and O–H groups in total. The maximum Gasteiger partial charge on any atom is 0.104 e. The SMILES string of the molecule is C[C@@H]1C[NH+](CCCCSc2ccccc2)C[C@@H](C)O1. The first-order valence-corrected chi connectivity index (χ1v) is 8.39. The number of benzene rings is 1. The van der Waals surface area contributed by atoms with Crippen molar-refractivity contribution >= 4 is 11.8 Å². The molecule has 0 aliphatic carbocycles. The molecule has 106 valence electrons. The highest BCUT2D eigenvalue weighted by molar-refractivity contribution is 7.99. The van der Waals surface area contributed by atoms with Crippen LogP contribution < -0.4 is 4.90 Å². The van der Waals surface area contributed by atoms with Crippen LogP contribution in [0.3, 0.4) is 0 Å². The number of quaternary nitrogens is 1. The van der Waals surface area contributed by atoms with E-state index >= 15 is 0 Å². The number of hydrogen-bond donors (Lipinski definition) is 1. The molecule has 1 aliphatic rings. The van der Waals surface area contributed by atoms with E-state index in [-0.39, 0.29) is 0 Å². The van der Waals surface area contributed by atoms with Crippen LogP contribution in [0.4, 0.5) is 0 Å². The molecule has 1 fully saturated rings. The van der Waals surface area contributed by atoms with Crippen molar-refractivity contribution in [3.05, 3.63) is 30.3 Å². The minimum absolute atomic E-state index is 0.428. The number of unbranched alkanes of at least 4 members (excludes halogenated alkanes) is 1. The van der Waals surface area contributed by atoms with Gasteiger partial charge in [0.1, 0.15) is 25.3 Å². The molecule has 1 aliphatic heterocycles. The highest BCUT2D eigenvalue weighted by Gasteiger charge is 2.24. The Balaban J connectivity index is 1.57. The Hall–Kier alpha value is -0.510. The standard InChI is InChI=1S/C16H25NOS/c1-14-12-17(13-15(2)18-14)10-6-7-11-19-16-8-4-3-5-9-16/h3-5,8-9,14-15H,6-7,10-13H2,1-2H3/p+1/t14-,15-/m1/s1. The number of morpholine rings is 1. The van der Waals surface area contributed by atoms with Crippen LogP contribution in [-0.4, -0.2) is 37.6 Å². The van der Waals surface area contributed by atoms with E-state index in [9.17, 15) is 0 Å². The average Bonchev–Trinajstić information content (AvgIpc) is 2.38. The highest BCUT2D eigenvalue weighted by Crippen LogP contribution is 2.17. The van der Waals surface area contributed by atoms with E-state index in [4.69, 9.17) is 4.74 Å². The first-order chi connectivity index (χ1) is 9.24. The van der Waals surface area contributed by atoms with Crippen LogP contribution in [0.15, 0.2) is 35.2 Å². The molecule has 0 aromatic heterocycles. The summed E-state index contributed by atoms with van der Waals surface area (Å²) in [7, 11) is 0. The van der Waals surface area contributed by atoms with Crippen LogP contribution in [0.5, 0.6) is 0 Å². The lowest BCUT2D eigenvalue weighted by Gasteiger charge is -2.32. The largest absolute Gasteiger partial charge is 0.364 e. The van der Waals surface area contributed by atoms with Gasteiger partial charge in [0, 0.05) is 4.90 Å². The van der Waals surface area contributed by atoms with Gasteiger partial charge in [-0.15, -0.1) is 11.8 Å². The van der Waals surface area contributed by atoms with Crippen molar-refractivity contribution < 1.29 is 9.64 Å². The maximum absolute atomic E-state index is 5.78. The van der Waals surface area contributed by atoms with Crippen LogP contribution in [-0.2, 0) is 4.74 Å². The summed E-state index contributed by atoms with van der Waals surface area (Å²) < 4.78 is 5.78. The van der Waals surface area contributed by atoms with Crippen molar-refractivity contribution in [3.8, 4) is 0 Å². The number of hydrogen-bond acceptors (Lipinski definition) is 2. The summed E-state index contributed by atoms with van der Waals surface area (Å²) >= 11 is 1.97. The Kier molecular flexibility index (Phi) is 6.21. The average molecular weight is 280 g/mol. The van der Waals surface area contributed by atoms with E-state index in [0.717, 1.165) is 0 Å². The third-order valence-electron chi connectivity index (χ3n) is 3.55. The molecule has 1 aromatic carbocycles. The third kappa shape index (κ3) is 5.55. The molecule has 0 spiro atoms. The molecule has 2 nitrogen and oxygen atoms in total. The van der Waals surface area contributed by atoms with Gasteiger partial charge in [-0.2, -0.15) is 0 Å². The monoisotopic (exact) mass is 280 g/mol. The molecule has 2 rings (SSSR count). The quantitative estimate of drug-likeness (QED) is 0.634. The summed E-state index contributed by atoms with van der Waals surface area (Å²) in [5, 5.41) is 0. The van der Waals surface area contributed by atoms with Gasteiger partial charge in [-0.3, -0.25) is 0 Å². The second kappa shape index (κ2) is 7.93. The zero-order valence-electron chi connectivity index (χ0n) is 12.1. The Morgan fingerprint density at radius 2 is 1.79 bits per heavy atom. The molecular formula is C16H26NOS+. The van der Waals surface area contributed by atoms with E-state index in [1.165, 1.54) is 43.1 Å². The van der Waals surface area contributed by atoms with E-state index in [0.29, 0.717) is 12.2 Å². The van der Waals surface area contributed by atoms with Crippen LogP contribution in [0.1, 0.15) is 26.7 Å². The van der Waals surface area contributed by atoms with Crippen LogP contribution in [0.2, 0.25) is 0 Å². The zero-order chi connectivity index (χ0) is 13.5. The molecular weight excluding hydrogens is 254 g/mol. The molecule has 2 atom stereocenters. The number of nitrogens with one attached hydrogen (secondary N) is 1. The van der Waals surface area contributed by atoms with Gasteiger partial charge in [-0.25, -0.2) is 0 Å². The van der Waals surface area contributed by atoms with Gasteiger partial charge in [0.05, 0.1) is 6.54 Å². The van der Waals surface area contributed by atoms with Gasteiger partial charge >= 0.3 is 0 Å². The lowest BCUT2D eigenvalue weighted by atomic mass is 10.2. The predicted molar refractivity (Wildman–Crippen MR) is 82.0 cm³/mol. The van der Waals surface area contributed by atoms with E-state index in [2.05, 4.69) is 44.2 Å². The van der Waals surface area contributed by atoms with Gasteiger partial charge in [-0.05, 0) is 44.6 Å². The lowest BCUT2D eigenvalue weighted by molar-refractivity contribution is -0.915. The van der Waals surface area contributed by atoms with Crippen LogP contribution in [0.25, 0.3) is 0 Å². The van der Waals surface area contributed by atoms with Gasteiger partial charge in [0.2, 0.25) is 0 Å². The van der Waals surface area contributed by atoms with Gasteiger partial charge in [0.25, 0.3) is 0 Å². The topological polar surface area (TPSA) is 13.7 Å². The van der Waals surface area contributed by atoms with Gasteiger partial charge in [0.15, 0.2) is 0 Å². The Morgan fingerprint density at radius 3 is 2.47 bits per heavy atom. The smallest absolute Gasteiger partial charge is 0.104 e. The van der Waals surface area contributed by atoms with E-state index in [1.807, 2.05) is 11.8 Å². The number of ether oxygens (including phenoxy) is 1. The van der Waals surface area contributed by atoms with Crippen LogP contribution in [0, 0.1) is 0 Å². The molecule has 0 amide bonds. The first kappa shape index (κ1) is 14.9. The fourth-order valence-corrected chi connectivity index (χ4v) is 3.71. The Labute approximate surface area is 121 Å². The minimum atomic E-state index is 0.428. The maximum atomic E-state index is 5.78. The highest BCUT2D eigenvalue weighted by atomic mass is 32.2. The summed E-state index contributed by atoms with van der Waals surface area (Å²) in [6.07, 6.45) is 3.50. The predicted octanol–water partition coefficient (Wildman–Crippen LogP) is 2.25. The summed E-state index contributed by atoms with van der Waals surface area (Å²) in [5.41, 5.74) is 0. The van der Waals surface area contributed by atoms with E-state index in [1.54, 1.807) is 4.90 Å². The van der Waals surface area contributed by atoms with Gasteiger partial charge < -0.3 is 9.64 Å². The molecule has 1 saturated heterocycles. The fourth-order valence-electron chi connectivity index (χ4n) is 2.78. The first-order valence-electron chi connectivity index (χ1n) is 7.41.